The van der Waals surface area contributed by atoms with E-state index in [9.17, 15) is 33.6 Å². The topological polar surface area (TPSA) is 241 Å². The fraction of sp³-hybridized carbons (Fsp3) is 0.476. The van der Waals surface area contributed by atoms with E-state index in [2.05, 4.69) is 109 Å². The van der Waals surface area contributed by atoms with Crippen molar-refractivity contribution in [2.24, 2.45) is 0 Å². The summed E-state index contributed by atoms with van der Waals surface area (Å²) < 4.78 is 27.4. The Balaban J connectivity index is 0.000000790. The first-order chi connectivity index (χ1) is 42.7. The molecule has 0 saturated carbocycles. The molecule has 4 heterocycles. The molecule has 0 spiro atoms. The van der Waals surface area contributed by atoms with Gasteiger partial charge in [-0.05, 0) is 54.1 Å². The van der Waals surface area contributed by atoms with Crippen LogP contribution in [-0.2, 0) is 14.2 Å². The SMILES string of the molecule is CCCCNC(=O)OCC#CI.CCCCNC(=O)OCC#C[I-][n+]1ccc(C(=O)CCCCCCCNC(=O)c2cc[n+]([I-]C#CCOC(=O)NCCCC)cc2)cc1.O=C(CCCCCCCNC(=O)c1ccncc1)c1ccncc1.[B]P(C)I. The maximum atomic E-state index is 12.6. The van der Waals surface area contributed by atoms with Gasteiger partial charge in [0.2, 0.25) is 0 Å². The monoisotopic (exact) mass is 1680 g/mol. The number of nitrogens with zero attached hydrogens (tertiary/aromatic N) is 4. The second-order valence-electron chi connectivity index (χ2n) is 18.8. The molecule has 4 aromatic heterocycles. The number of hydrogen-bond donors (Lipinski definition) is 5. The molecular formula is C63H85BI4N9O10P. The van der Waals surface area contributed by atoms with Crippen LogP contribution < -0.4 is 75.1 Å². The summed E-state index contributed by atoms with van der Waals surface area (Å²) in [6.45, 7) is 11.6. The Morgan fingerprint density at radius 3 is 1.16 bits per heavy atom. The van der Waals surface area contributed by atoms with Gasteiger partial charge in [-0.3, -0.25) is 19.6 Å². The van der Waals surface area contributed by atoms with Gasteiger partial charge < -0.3 is 15.4 Å². The number of amides is 5. The van der Waals surface area contributed by atoms with Gasteiger partial charge in [0.1, 0.15) is 7.57 Å². The minimum absolute atomic E-state index is 0.0552. The van der Waals surface area contributed by atoms with Crippen LogP contribution in [0.3, 0.4) is 0 Å². The Bertz CT molecular complexity index is 2620. The van der Waals surface area contributed by atoms with Crippen molar-refractivity contribution in [3.8, 4) is 29.5 Å². The second kappa shape index (κ2) is 57.0. The molecule has 5 N–H and O–H groups in total. The van der Waals surface area contributed by atoms with E-state index in [1.165, 1.54) is 0 Å². The molecule has 478 valence electrons. The van der Waals surface area contributed by atoms with Crippen molar-refractivity contribution in [1.29, 1.82) is 0 Å². The predicted molar refractivity (Wildman–Crippen MR) is 354 cm³/mol. The molecule has 0 fully saturated rings. The second-order valence-corrected chi connectivity index (χ2v) is 29.2. The Morgan fingerprint density at radius 2 is 0.784 bits per heavy atom. The van der Waals surface area contributed by atoms with Crippen LogP contribution in [0, 0.1) is 29.5 Å². The number of aromatic nitrogens is 4. The molecule has 88 heavy (non-hydrogen) atoms. The van der Waals surface area contributed by atoms with Gasteiger partial charge in [-0.15, -0.1) is 0 Å². The van der Waals surface area contributed by atoms with Gasteiger partial charge >= 0.3 is 314 Å². The Hall–Kier alpha value is -5.22. The molecule has 19 nitrogen and oxygen atoms in total. The maximum absolute atomic E-state index is 12.6. The third-order valence-electron chi connectivity index (χ3n) is 11.6. The van der Waals surface area contributed by atoms with Gasteiger partial charge in [0, 0.05) is 78.0 Å². The van der Waals surface area contributed by atoms with Gasteiger partial charge in [0.05, 0.1) is 0 Å². The molecular weight excluding hydrogens is 1590 g/mol. The Kier molecular flexibility index (Phi) is 52.3. The number of Topliss-reactive ketones (excluding diaryl/α,β-unsaturated/α-hetero) is 2. The molecule has 5 amide bonds. The summed E-state index contributed by atoms with van der Waals surface area (Å²) in [6, 6.07) is 14.2. The molecule has 2 radical (unpaired) electrons. The summed E-state index contributed by atoms with van der Waals surface area (Å²) >= 11 is 2.84. The van der Waals surface area contributed by atoms with E-state index in [1.54, 1.807) is 61.2 Å². The summed E-state index contributed by atoms with van der Waals surface area (Å²) in [7, 11) is 5.16. The third-order valence-corrected chi connectivity index (χ3v) is 15.6. The van der Waals surface area contributed by atoms with Crippen molar-refractivity contribution >= 4 is 99.3 Å². The number of carbonyl (C=O) groups is 7. The smallest absolute Gasteiger partial charge is 0.251 e. The predicted octanol–water partition coefficient (Wildman–Crippen LogP) is 4.76. The number of halogens is 4. The van der Waals surface area contributed by atoms with Gasteiger partial charge in [-0.1, -0.05) is 66.0 Å². The summed E-state index contributed by atoms with van der Waals surface area (Å²) in [6.07, 6.45) is 29.4. The Morgan fingerprint density at radius 1 is 0.477 bits per heavy atom. The zero-order valence-electron chi connectivity index (χ0n) is 51.0. The zero-order valence-corrected chi connectivity index (χ0v) is 60.6. The van der Waals surface area contributed by atoms with E-state index in [1.807, 2.05) is 71.7 Å². The van der Waals surface area contributed by atoms with E-state index >= 15 is 0 Å². The van der Waals surface area contributed by atoms with E-state index in [4.69, 9.17) is 21.8 Å². The standard InChI is InChI=1S/C35H47I2N5O6.C19H23N3O2.C8H12INO2.CH3BIP/c1-3-5-21-39-34(45)47-28-12-19-36-41-24-15-30(16-25-41)32(43)14-10-8-7-9-11-23-38-33(44)31-17-26-42(27-18-31)37-20-13-29-48-35(46)40-22-6-4-2;23-18(16-7-12-20-13-8-16)6-4-2-1-3-5-11-22-19(24)17-9-14-21-15-10-17;1-2-3-6-10-8(11)12-7-4-5-9;1-4(2)3/h15-18,24-27H,3-11,14,21-23,28-29H2,1-2H3,(H,38,44)(H,39,45)(H,40,46);7-10,12-15H,1-6,11H2,(H,22,24);2-3,6-7H2,1H3,(H,10,11);1H3. The molecule has 0 saturated heterocycles. The molecule has 0 bridgehead atoms. The van der Waals surface area contributed by atoms with Crippen molar-refractivity contribution in [2.45, 2.75) is 136 Å². The van der Waals surface area contributed by atoms with Gasteiger partial charge in [0.15, 0.2) is 12.4 Å². The largest absolute Gasteiger partial charge is 0.352 e. The van der Waals surface area contributed by atoms with Crippen molar-refractivity contribution in [3.05, 3.63) is 120 Å². The molecule has 1 atom stereocenters. The summed E-state index contributed by atoms with van der Waals surface area (Å²) in [4.78, 5) is 90.3. The van der Waals surface area contributed by atoms with Crippen LogP contribution in [0.5, 0.6) is 0 Å². The van der Waals surface area contributed by atoms with Crippen LogP contribution in [0.4, 0.5) is 14.4 Å². The third kappa shape index (κ3) is 46.8. The molecule has 4 aromatic rings. The fourth-order valence-electron chi connectivity index (χ4n) is 6.88. The van der Waals surface area contributed by atoms with E-state index < -0.39 is 55.1 Å². The number of ketones is 2. The van der Waals surface area contributed by atoms with Crippen LogP contribution in [0.15, 0.2) is 98.1 Å². The van der Waals surface area contributed by atoms with Crippen LogP contribution in [0.1, 0.15) is 178 Å². The minimum Gasteiger partial charge on any atom is -0.352 e. The summed E-state index contributed by atoms with van der Waals surface area (Å²) in [5, 5.41) is 13.8. The Labute approximate surface area is 572 Å². The van der Waals surface area contributed by atoms with Crippen LogP contribution >= 0.6 is 50.1 Å². The van der Waals surface area contributed by atoms with E-state index in [0.29, 0.717) is 62.3 Å². The van der Waals surface area contributed by atoms with E-state index in [0.717, 1.165) is 108 Å². The number of alkyl carbamates (subject to hydrolysis) is 3. The average Bonchev–Trinajstić information content (AvgIpc) is 3.57. The average molecular weight is 1680 g/mol. The van der Waals surface area contributed by atoms with Crippen LogP contribution in [0.2, 0.25) is 0 Å². The van der Waals surface area contributed by atoms with Crippen molar-refractivity contribution < 1.29 is 96.3 Å². The van der Waals surface area contributed by atoms with Gasteiger partial charge in [-0.2, -0.15) is 0 Å². The van der Waals surface area contributed by atoms with Crippen molar-refractivity contribution in [3.63, 3.8) is 0 Å². The normalized spacial score (nSPS) is 10.2. The van der Waals surface area contributed by atoms with Crippen LogP contribution in [0.25, 0.3) is 0 Å². The number of carbonyl (C=O) groups excluding carboxylic acids is 7. The number of ether oxygens (including phenoxy) is 3. The number of unbranched alkanes of at least 4 members (excludes halogenated alkanes) is 11. The summed E-state index contributed by atoms with van der Waals surface area (Å²) in [5.41, 5.74) is 2.53. The van der Waals surface area contributed by atoms with Gasteiger partial charge in [0.25, 0.3) is 5.91 Å². The fourth-order valence-corrected chi connectivity index (χ4v) is 9.54. The first-order valence-electron chi connectivity index (χ1n) is 29.4. The maximum Gasteiger partial charge on any atom is 0.251 e. The summed E-state index contributed by atoms with van der Waals surface area (Å²) in [5.74, 6) is 8.51. The molecule has 0 aliphatic rings. The number of hydrogen-bond acceptors (Lipinski definition) is 12. The first-order valence-corrected chi connectivity index (χ1v) is 39.2. The number of nitrogens with one attached hydrogen (secondary N) is 5. The molecule has 0 aromatic carbocycles. The molecule has 0 aliphatic carbocycles. The van der Waals surface area contributed by atoms with Crippen molar-refractivity contribution in [1.82, 2.24) is 36.6 Å². The zero-order chi connectivity index (χ0) is 64.5. The van der Waals surface area contributed by atoms with E-state index in [-0.39, 0.29) is 54.7 Å². The number of rotatable bonds is 34. The quantitative estimate of drug-likeness (QED) is 0.00809. The van der Waals surface area contributed by atoms with Crippen molar-refractivity contribution in [2.75, 3.05) is 59.2 Å². The first kappa shape index (κ1) is 80.8. The molecule has 1 unspecified atom stereocenters. The molecule has 25 heteroatoms. The van der Waals surface area contributed by atoms with Crippen LogP contribution in [-0.4, -0.2) is 118 Å². The molecule has 0 aliphatic heterocycles. The molecule has 4 rings (SSSR count). The number of pyridine rings is 4. The van der Waals surface area contributed by atoms with Gasteiger partial charge in [-0.25, -0.2) is 4.79 Å². The minimum atomic E-state index is -0.628.